The molecule has 0 saturated carbocycles. The van der Waals surface area contributed by atoms with Gasteiger partial charge in [-0.05, 0) is 30.2 Å². The van der Waals surface area contributed by atoms with E-state index in [9.17, 15) is 0 Å². The number of benzene rings is 1. The highest BCUT2D eigenvalue weighted by atomic mass is 16.5. The Kier molecular flexibility index (Phi) is 3.70. The molecule has 0 unspecified atom stereocenters. The summed E-state index contributed by atoms with van der Waals surface area (Å²) in [5.74, 6) is 1.02. The van der Waals surface area contributed by atoms with Crippen molar-refractivity contribution in [2.75, 3.05) is 5.73 Å². The maximum absolute atomic E-state index is 6.24. The highest BCUT2D eigenvalue weighted by Gasteiger charge is 2.20. The van der Waals surface area contributed by atoms with Crippen molar-refractivity contribution in [2.24, 2.45) is 0 Å². The zero-order chi connectivity index (χ0) is 17.2. The van der Waals surface area contributed by atoms with Crippen LogP contribution in [0.15, 0.2) is 53.3 Å². The summed E-state index contributed by atoms with van der Waals surface area (Å²) in [6.45, 7) is 2.08. The van der Waals surface area contributed by atoms with Crippen molar-refractivity contribution in [1.29, 1.82) is 0 Å². The van der Waals surface area contributed by atoms with Crippen LogP contribution in [-0.2, 0) is 6.42 Å². The first-order chi connectivity index (χ1) is 12.3. The van der Waals surface area contributed by atoms with E-state index in [2.05, 4.69) is 32.4 Å². The summed E-state index contributed by atoms with van der Waals surface area (Å²) in [6, 6.07) is 11.5. The second-order valence-corrected chi connectivity index (χ2v) is 5.38. The second-order valence-electron chi connectivity index (χ2n) is 5.38. The summed E-state index contributed by atoms with van der Waals surface area (Å²) >= 11 is 0. The molecule has 0 fully saturated rings. The Balaban J connectivity index is 1.74. The Labute approximate surface area is 143 Å². The summed E-state index contributed by atoms with van der Waals surface area (Å²) in [6.07, 6.45) is 4.19. The zero-order valence-electron chi connectivity index (χ0n) is 13.5. The fourth-order valence-corrected chi connectivity index (χ4v) is 2.57. The molecule has 8 heteroatoms. The molecule has 3 aromatic heterocycles. The van der Waals surface area contributed by atoms with E-state index in [-0.39, 0.29) is 5.89 Å². The van der Waals surface area contributed by atoms with Crippen molar-refractivity contribution in [2.45, 2.75) is 13.3 Å². The highest BCUT2D eigenvalue weighted by molar-refractivity contribution is 5.66. The van der Waals surface area contributed by atoms with Gasteiger partial charge in [0.1, 0.15) is 0 Å². The molecule has 2 N–H and O–H groups in total. The van der Waals surface area contributed by atoms with Crippen LogP contribution in [0, 0.1) is 0 Å². The van der Waals surface area contributed by atoms with E-state index in [1.54, 1.807) is 29.2 Å². The van der Waals surface area contributed by atoms with E-state index < -0.39 is 0 Å². The number of pyridine rings is 1. The van der Waals surface area contributed by atoms with Gasteiger partial charge in [-0.25, -0.2) is 0 Å². The van der Waals surface area contributed by atoms with Gasteiger partial charge in [-0.1, -0.05) is 35.5 Å². The Morgan fingerprint density at radius 2 is 1.92 bits per heavy atom. The standard InChI is InChI=1S/C17H15N7O/c1-2-11-5-3-4-6-13(11)24-15(18)14(21-23-24)17-20-16(22-25-17)12-7-9-19-10-8-12/h3-10H,2,18H2,1H3. The van der Waals surface area contributed by atoms with E-state index in [4.69, 9.17) is 10.3 Å². The Morgan fingerprint density at radius 1 is 1.12 bits per heavy atom. The van der Waals surface area contributed by atoms with Gasteiger partial charge in [0.25, 0.3) is 5.89 Å². The molecular weight excluding hydrogens is 318 g/mol. The lowest BCUT2D eigenvalue weighted by Gasteiger charge is -2.07. The summed E-state index contributed by atoms with van der Waals surface area (Å²) < 4.78 is 6.90. The van der Waals surface area contributed by atoms with Gasteiger partial charge in [0.2, 0.25) is 5.82 Å². The highest BCUT2D eigenvalue weighted by Crippen LogP contribution is 2.27. The lowest BCUT2D eigenvalue weighted by molar-refractivity contribution is 0.431. The Morgan fingerprint density at radius 3 is 2.72 bits per heavy atom. The smallest absolute Gasteiger partial charge is 0.282 e. The summed E-state index contributed by atoms with van der Waals surface area (Å²) in [4.78, 5) is 8.33. The number of aryl methyl sites for hydroxylation is 1. The molecule has 0 atom stereocenters. The number of hydrogen-bond donors (Lipinski definition) is 1. The van der Waals surface area contributed by atoms with Crippen molar-refractivity contribution < 1.29 is 4.52 Å². The molecule has 3 heterocycles. The molecular formula is C17H15N7O. The number of aromatic nitrogens is 6. The first kappa shape index (κ1) is 15.0. The molecule has 0 radical (unpaired) electrons. The predicted molar refractivity (Wildman–Crippen MR) is 91.7 cm³/mol. The van der Waals surface area contributed by atoms with E-state index in [1.807, 2.05) is 24.3 Å². The number of nitrogen functional groups attached to an aromatic ring is 1. The number of para-hydroxylation sites is 1. The molecule has 0 saturated heterocycles. The van der Waals surface area contributed by atoms with Crippen molar-refractivity contribution in [3.05, 3.63) is 54.4 Å². The van der Waals surface area contributed by atoms with E-state index in [1.165, 1.54) is 0 Å². The minimum atomic E-state index is 0.226. The SMILES string of the molecule is CCc1ccccc1-n1nnc(-c2nc(-c3ccncc3)no2)c1N. The lowest BCUT2D eigenvalue weighted by atomic mass is 10.1. The van der Waals surface area contributed by atoms with E-state index in [0.717, 1.165) is 23.2 Å². The fraction of sp³-hybridized carbons (Fsp3) is 0.118. The van der Waals surface area contributed by atoms with Crippen molar-refractivity contribution >= 4 is 5.82 Å². The maximum Gasteiger partial charge on any atom is 0.282 e. The van der Waals surface area contributed by atoms with Crippen LogP contribution in [0.25, 0.3) is 28.7 Å². The van der Waals surface area contributed by atoms with Crippen molar-refractivity contribution in [3.63, 3.8) is 0 Å². The predicted octanol–water partition coefficient (Wildman–Crippen LogP) is 2.52. The average molecular weight is 333 g/mol. The van der Waals surface area contributed by atoms with Gasteiger partial charge in [-0.2, -0.15) is 9.67 Å². The number of anilines is 1. The van der Waals surface area contributed by atoms with Gasteiger partial charge in [0.05, 0.1) is 5.69 Å². The molecule has 8 nitrogen and oxygen atoms in total. The number of nitrogens with zero attached hydrogens (tertiary/aromatic N) is 6. The van der Waals surface area contributed by atoms with E-state index >= 15 is 0 Å². The van der Waals surface area contributed by atoms with Crippen LogP contribution in [0.4, 0.5) is 5.82 Å². The molecule has 0 aliphatic rings. The third-order valence-electron chi connectivity index (χ3n) is 3.87. The molecule has 1 aromatic carbocycles. The molecule has 124 valence electrons. The van der Waals surface area contributed by atoms with Gasteiger partial charge in [0.15, 0.2) is 11.5 Å². The molecule has 0 spiro atoms. The van der Waals surface area contributed by atoms with Crippen molar-refractivity contribution in [1.82, 2.24) is 30.1 Å². The Hall–Kier alpha value is -3.55. The normalized spacial score (nSPS) is 10.9. The van der Waals surface area contributed by atoms with Crippen LogP contribution in [0.2, 0.25) is 0 Å². The average Bonchev–Trinajstić information content (AvgIpc) is 3.29. The minimum Gasteiger partial charge on any atom is -0.382 e. The zero-order valence-corrected chi connectivity index (χ0v) is 13.5. The molecule has 4 aromatic rings. The third kappa shape index (κ3) is 2.63. The van der Waals surface area contributed by atoms with Crippen LogP contribution in [0.1, 0.15) is 12.5 Å². The summed E-state index contributed by atoms with van der Waals surface area (Å²) in [7, 11) is 0. The second kappa shape index (κ2) is 6.16. The minimum absolute atomic E-state index is 0.226. The van der Waals surface area contributed by atoms with Crippen LogP contribution in [0.5, 0.6) is 0 Å². The first-order valence-corrected chi connectivity index (χ1v) is 7.82. The van der Waals surface area contributed by atoms with Crippen molar-refractivity contribution in [3.8, 4) is 28.7 Å². The largest absolute Gasteiger partial charge is 0.382 e. The van der Waals surface area contributed by atoms with Gasteiger partial charge < -0.3 is 10.3 Å². The third-order valence-corrected chi connectivity index (χ3v) is 3.87. The molecule has 25 heavy (non-hydrogen) atoms. The molecule has 0 aliphatic carbocycles. The van der Waals surface area contributed by atoms with Gasteiger partial charge in [0, 0.05) is 18.0 Å². The summed E-state index contributed by atoms with van der Waals surface area (Å²) in [5, 5.41) is 12.3. The van der Waals surface area contributed by atoms with Crippen LogP contribution < -0.4 is 5.73 Å². The first-order valence-electron chi connectivity index (χ1n) is 7.82. The maximum atomic E-state index is 6.24. The van der Waals surface area contributed by atoms with Gasteiger partial charge >= 0.3 is 0 Å². The van der Waals surface area contributed by atoms with Gasteiger partial charge in [-0.3, -0.25) is 4.98 Å². The topological polar surface area (TPSA) is 109 Å². The van der Waals surface area contributed by atoms with Crippen LogP contribution in [0.3, 0.4) is 0 Å². The molecule has 0 amide bonds. The quantitative estimate of drug-likeness (QED) is 0.611. The summed E-state index contributed by atoms with van der Waals surface area (Å²) in [5.41, 5.74) is 9.40. The number of hydrogen-bond acceptors (Lipinski definition) is 7. The van der Waals surface area contributed by atoms with Crippen LogP contribution >= 0.6 is 0 Å². The Bertz CT molecular complexity index is 1010. The fourth-order valence-electron chi connectivity index (χ4n) is 2.57. The molecule has 0 bridgehead atoms. The number of rotatable bonds is 4. The monoisotopic (exact) mass is 333 g/mol. The van der Waals surface area contributed by atoms with Gasteiger partial charge in [-0.15, -0.1) is 5.10 Å². The molecule has 4 rings (SSSR count). The lowest BCUT2D eigenvalue weighted by Crippen LogP contribution is -2.05. The van der Waals surface area contributed by atoms with Crippen LogP contribution in [-0.4, -0.2) is 30.1 Å². The van der Waals surface area contributed by atoms with E-state index in [0.29, 0.717) is 17.3 Å². The number of nitrogens with two attached hydrogens (primary N) is 1. The molecule has 0 aliphatic heterocycles.